The van der Waals surface area contributed by atoms with E-state index in [4.69, 9.17) is 4.74 Å². The van der Waals surface area contributed by atoms with Crippen LogP contribution in [0.4, 0.5) is 5.82 Å². The number of rotatable bonds is 4. The van der Waals surface area contributed by atoms with Gasteiger partial charge in [-0.3, -0.25) is 9.59 Å². The van der Waals surface area contributed by atoms with Gasteiger partial charge in [0.1, 0.15) is 5.82 Å². The van der Waals surface area contributed by atoms with E-state index in [2.05, 4.69) is 9.88 Å². The molecular weight excluding hydrogens is 416 g/mol. The van der Waals surface area contributed by atoms with Gasteiger partial charge in [-0.25, -0.2) is 4.98 Å². The van der Waals surface area contributed by atoms with E-state index in [1.54, 1.807) is 17.2 Å². The largest absolute Gasteiger partial charge is 0.361 e. The highest BCUT2D eigenvalue weighted by atomic mass is 16.5. The maximum absolute atomic E-state index is 13.7. The molecule has 4 heterocycles. The normalized spacial score (nSPS) is 23.3. The van der Waals surface area contributed by atoms with Gasteiger partial charge in [0.15, 0.2) is 5.60 Å². The Kier molecular flexibility index (Phi) is 6.13. The predicted octanol–water partition coefficient (Wildman–Crippen LogP) is 2.88. The number of carbonyl (C=O) groups is 2. The molecule has 3 aliphatic heterocycles. The van der Waals surface area contributed by atoms with Crippen molar-refractivity contribution < 1.29 is 14.3 Å². The first-order valence-electron chi connectivity index (χ1n) is 11.8. The second kappa shape index (κ2) is 9.35. The third-order valence-corrected chi connectivity index (χ3v) is 6.73. The highest BCUT2D eigenvalue weighted by Gasteiger charge is 2.47. The second-order valence-electron chi connectivity index (χ2n) is 9.01. The van der Waals surface area contributed by atoms with Gasteiger partial charge in [0.2, 0.25) is 0 Å². The van der Waals surface area contributed by atoms with Gasteiger partial charge in [-0.2, -0.15) is 0 Å². The molecule has 0 saturated carbocycles. The molecule has 33 heavy (non-hydrogen) atoms. The van der Waals surface area contributed by atoms with E-state index in [-0.39, 0.29) is 18.4 Å². The van der Waals surface area contributed by atoms with Gasteiger partial charge < -0.3 is 19.4 Å². The number of carbonyl (C=O) groups excluding carboxylic acids is 2. The molecule has 0 radical (unpaired) electrons. The van der Waals surface area contributed by atoms with E-state index in [1.807, 2.05) is 53.5 Å². The quantitative estimate of drug-likeness (QED) is 0.676. The summed E-state index contributed by atoms with van der Waals surface area (Å²) in [6, 6.07) is 13.6. The molecule has 0 N–H and O–H groups in total. The van der Waals surface area contributed by atoms with Crippen LogP contribution >= 0.6 is 0 Å². The molecule has 3 aliphatic rings. The van der Waals surface area contributed by atoms with E-state index in [9.17, 15) is 9.59 Å². The smallest absolute Gasteiger partial charge is 0.257 e. The molecule has 2 aromatic rings. The van der Waals surface area contributed by atoms with Crippen LogP contribution in [0.5, 0.6) is 0 Å². The predicted molar refractivity (Wildman–Crippen MR) is 126 cm³/mol. The minimum Gasteiger partial charge on any atom is -0.361 e. The standard InChI is InChI=1S/C26H30N4O3/c31-24(22-10-12-27-23(18-22)28-13-6-7-14-28)30-16-17-33-26(20-30)11-4-5-15-29(25(26)32)19-21-8-2-1-3-9-21/h1-5,8-10,12,18H,6-7,11,13-17,19-20H2/t26-/m0/s1. The van der Waals surface area contributed by atoms with Gasteiger partial charge in [-0.1, -0.05) is 42.5 Å². The van der Waals surface area contributed by atoms with E-state index in [0.29, 0.717) is 38.2 Å². The zero-order valence-electron chi connectivity index (χ0n) is 18.9. The van der Waals surface area contributed by atoms with E-state index < -0.39 is 5.60 Å². The molecule has 1 spiro atoms. The number of anilines is 1. The number of nitrogens with zero attached hydrogens (tertiary/aromatic N) is 4. The van der Waals surface area contributed by atoms with E-state index >= 15 is 0 Å². The number of benzene rings is 1. The van der Waals surface area contributed by atoms with E-state index in [1.165, 1.54) is 0 Å². The van der Waals surface area contributed by atoms with Crippen molar-refractivity contribution in [1.29, 1.82) is 0 Å². The number of hydrogen-bond acceptors (Lipinski definition) is 5. The summed E-state index contributed by atoms with van der Waals surface area (Å²) in [7, 11) is 0. The number of aromatic nitrogens is 1. The number of amides is 2. The number of ether oxygens (including phenoxy) is 1. The van der Waals surface area contributed by atoms with Crippen molar-refractivity contribution in [1.82, 2.24) is 14.8 Å². The molecule has 7 heteroatoms. The molecule has 1 aromatic carbocycles. The minimum atomic E-state index is -1.04. The van der Waals surface area contributed by atoms with Crippen LogP contribution in [0, 0.1) is 0 Å². The zero-order valence-corrected chi connectivity index (χ0v) is 18.9. The van der Waals surface area contributed by atoms with Crippen molar-refractivity contribution in [3.8, 4) is 0 Å². The van der Waals surface area contributed by atoms with Crippen molar-refractivity contribution in [3.05, 3.63) is 71.9 Å². The fourth-order valence-electron chi connectivity index (χ4n) is 4.94. The van der Waals surface area contributed by atoms with Gasteiger partial charge >= 0.3 is 0 Å². The van der Waals surface area contributed by atoms with Crippen LogP contribution in [0.25, 0.3) is 0 Å². The SMILES string of the molecule is O=C(c1ccnc(N2CCCC2)c1)N1CCO[C@@]2(CC=CCN(Cc3ccccc3)C2=O)C1. The van der Waals surface area contributed by atoms with Gasteiger partial charge in [0.05, 0.1) is 13.2 Å². The lowest BCUT2D eigenvalue weighted by Crippen LogP contribution is -2.60. The van der Waals surface area contributed by atoms with Gasteiger partial charge in [0, 0.05) is 50.9 Å². The maximum atomic E-state index is 13.7. The van der Waals surface area contributed by atoms with Gasteiger partial charge in [-0.15, -0.1) is 0 Å². The lowest BCUT2D eigenvalue weighted by atomic mass is 9.95. The molecule has 0 aliphatic carbocycles. The van der Waals surface area contributed by atoms with Crippen LogP contribution in [-0.4, -0.2) is 71.5 Å². The molecule has 1 atom stereocenters. The van der Waals surface area contributed by atoms with Crippen LogP contribution in [0.3, 0.4) is 0 Å². The first kappa shape index (κ1) is 21.6. The fourth-order valence-corrected chi connectivity index (χ4v) is 4.94. The monoisotopic (exact) mass is 446 g/mol. The molecule has 2 saturated heterocycles. The molecule has 172 valence electrons. The Bertz CT molecular complexity index is 1030. The van der Waals surface area contributed by atoms with Gasteiger partial charge in [0.25, 0.3) is 11.8 Å². The maximum Gasteiger partial charge on any atom is 0.257 e. The number of morpholine rings is 1. The summed E-state index contributed by atoms with van der Waals surface area (Å²) in [6.07, 6.45) is 8.51. The van der Waals surface area contributed by atoms with Crippen molar-refractivity contribution in [2.75, 3.05) is 44.2 Å². The Labute approximate surface area is 194 Å². The molecule has 7 nitrogen and oxygen atoms in total. The molecule has 2 fully saturated rings. The Balaban J connectivity index is 1.34. The van der Waals surface area contributed by atoms with Gasteiger partial charge in [-0.05, 0) is 30.5 Å². The van der Waals surface area contributed by atoms with Crippen molar-refractivity contribution in [2.24, 2.45) is 0 Å². The van der Waals surface area contributed by atoms with Crippen LogP contribution in [0.15, 0.2) is 60.8 Å². The Hall–Kier alpha value is -3.19. The minimum absolute atomic E-state index is 0.0543. The lowest BCUT2D eigenvalue weighted by Gasteiger charge is -2.42. The van der Waals surface area contributed by atoms with Crippen LogP contribution in [0.1, 0.15) is 35.2 Å². The Morgan fingerprint density at radius 1 is 1.06 bits per heavy atom. The number of pyridine rings is 1. The van der Waals surface area contributed by atoms with Crippen molar-refractivity contribution >= 4 is 17.6 Å². The first-order chi connectivity index (χ1) is 16.1. The molecule has 2 amide bonds. The second-order valence-corrected chi connectivity index (χ2v) is 9.01. The average Bonchev–Trinajstić information content (AvgIpc) is 3.37. The summed E-state index contributed by atoms with van der Waals surface area (Å²) < 4.78 is 6.13. The van der Waals surface area contributed by atoms with Crippen LogP contribution in [0.2, 0.25) is 0 Å². The van der Waals surface area contributed by atoms with Crippen LogP contribution < -0.4 is 4.90 Å². The zero-order chi connectivity index (χ0) is 22.7. The molecule has 0 bridgehead atoms. The topological polar surface area (TPSA) is 66.0 Å². The highest BCUT2D eigenvalue weighted by Crippen LogP contribution is 2.29. The van der Waals surface area contributed by atoms with Crippen molar-refractivity contribution in [3.63, 3.8) is 0 Å². The third kappa shape index (κ3) is 4.50. The van der Waals surface area contributed by atoms with Crippen molar-refractivity contribution in [2.45, 2.75) is 31.4 Å². The summed E-state index contributed by atoms with van der Waals surface area (Å²) in [5, 5.41) is 0. The fraction of sp³-hybridized carbons (Fsp3) is 0.423. The summed E-state index contributed by atoms with van der Waals surface area (Å²) >= 11 is 0. The Morgan fingerprint density at radius 3 is 2.70 bits per heavy atom. The molecule has 0 unspecified atom stereocenters. The summed E-state index contributed by atoms with van der Waals surface area (Å²) in [5.74, 6) is 0.723. The molecule has 1 aromatic heterocycles. The summed E-state index contributed by atoms with van der Waals surface area (Å²) in [4.78, 5) is 37.4. The Morgan fingerprint density at radius 2 is 1.88 bits per heavy atom. The summed E-state index contributed by atoms with van der Waals surface area (Å²) in [5.41, 5.74) is 0.647. The average molecular weight is 447 g/mol. The number of hydrogen-bond donors (Lipinski definition) is 0. The lowest BCUT2D eigenvalue weighted by molar-refractivity contribution is -0.167. The van der Waals surface area contributed by atoms with E-state index in [0.717, 1.165) is 37.3 Å². The summed E-state index contributed by atoms with van der Waals surface area (Å²) in [6.45, 7) is 4.07. The molecular formula is C26H30N4O3. The molecule has 5 rings (SSSR count). The first-order valence-corrected chi connectivity index (χ1v) is 11.8. The highest BCUT2D eigenvalue weighted by molar-refractivity contribution is 5.96. The third-order valence-electron chi connectivity index (χ3n) is 6.73. The van der Waals surface area contributed by atoms with Crippen LogP contribution in [-0.2, 0) is 16.1 Å².